The van der Waals surface area contributed by atoms with E-state index < -0.39 is 15.8 Å². The van der Waals surface area contributed by atoms with Crippen molar-refractivity contribution < 1.29 is 12.8 Å². The second-order valence-corrected chi connectivity index (χ2v) is 7.87. The van der Waals surface area contributed by atoms with Gasteiger partial charge in [-0.3, -0.25) is 4.72 Å². The summed E-state index contributed by atoms with van der Waals surface area (Å²) in [5.74, 6) is -0.823. The van der Waals surface area contributed by atoms with Crippen LogP contribution in [0.15, 0.2) is 59.9 Å². The van der Waals surface area contributed by atoms with Gasteiger partial charge >= 0.3 is 0 Å². The number of halogens is 1. The van der Waals surface area contributed by atoms with Crippen LogP contribution in [0.3, 0.4) is 0 Å². The van der Waals surface area contributed by atoms with Crippen LogP contribution in [0.5, 0.6) is 0 Å². The molecule has 0 radical (unpaired) electrons. The number of fused-ring (bicyclic) bond motifs is 1. The lowest BCUT2D eigenvalue weighted by Gasteiger charge is -2.07. The third kappa shape index (κ3) is 3.00. The first kappa shape index (κ1) is 17.8. The molecule has 4 rings (SSSR count). The van der Waals surface area contributed by atoms with E-state index in [0.29, 0.717) is 5.69 Å². The Morgan fingerprint density at radius 3 is 2.82 bits per heavy atom. The highest BCUT2D eigenvalue weighted by atomic mass is 32.2. The summed E-state index contributed by atoms with van der Waals surface area (Å²) in [6, 6.07) is 12.4. The van der Waals surface area contributed by atoms with Crippen LogP contribution in [0.1, 0.15) is 5.56 Å². The number of anilines is 1. The quantitative estimate of drug-likeness (QED) is 0.553. The van der Waals surface area contributed by atoms with Crippen molar-refractivity contribution in [1.82, 2.24) is 14.5 Å². The van der Waals surface area contributed by atoms with E-state index in [4.69, 9.17) is 5.26 Å². The lowest BCUT2D eigenvalue weighted by Crippen LogP contribution is -2.13. The van der Waals surface area contributed by atoms with Crippen molar-refractivity contribution in [2.75, 3.05) is 4.72 Å². The second-order valence-electron chi connectivity index (χ2n) is 6.19. The van der Waals surface area contributed by atoms with E-state index in [-0.39, 0.29) is 16.1 Å². The van der Waals surface area contributed by atoms with Crippen molar-refractivity contribution >= 4 is 26.7 Å². The van der Waals surface area contributed by atoms with E-state index in [1.165, 1.54) is 24.4 Å². The number of aromatic nitrogens is 3. The number of H-pyrrole nitrogens is 1. The lowest BCUT2D eigenvalue weighted by atomic mass is 10.1. The van der Waals surface area contributed by atoms with Crippen LogP contribution in [-0.4, -0.2) is 23.0 Å². The molecule has 0 amide bonds. The van der Waals surface area contributed by atoms with Crippen LogP contribution < -0.4 is 4.72 Å². The number of aromatic amines is 1. The third-order valence-electron chi connectivity index (χ3n) is 4.35. The van der Waals surface area contributed by atoms with Crippen molar-refractivity contribution in [2.45, 2.75) is 4.90 Å². The van der Waals surface area contributed by atoms with Crippen LogP contribution in [0.25, 0.3) is 22.3 Å². The summed E-state index contributed by atoms with van der Waals surface area (Å²) in [5.41, 5.74) is 2.85. The van der Waals surface area contributed by atoms with E-state index in [1.54, 1.807) is 12.4 Å². The lowest BCUT2D eigenvalue weighted by molar-refractivity contribution is 0.598. The van der Waals surface area contributed by atoms with Crippen molar-refractivity contribution in [2.24, 2.45) is 7.05 Å². The minimum atomic E-state index is -4.02. The first-order chi connectivity index (χ1) is 13.4. The van der Waals surface area contributed by atoms with E-state index in [1.807, 2.05) is 29.8 Å². The fraction of sp³-hybridized carbons (Fsp3) is 0.0526. The number of para-hydroxylation sites is 1. The largest absolute Gasteiger partial charge is 0.360 e. The van der Waals surface area contributed by atoms with E-state index in [9.17, 15) is 12.8 Å². The van der Waals surface area contributed by atoms with Gasteiger partial charge in [-0.25, -0.2) is 17.8 Å². The number of aryl methyl sites for hydroxylation is 1. The van der Waals surface area contributed by atoms with E-state index >= 15 is 0 Å². The molecule has 0 aliphatic carbocycles. The van der Waals surface area contributed by atoms with Crippen LogP contribution >= 0.6 is 0 Å². The standard InChI is InChI=1S/C19H14FN5O2S/c1-25-11-23-19-14(3-2-4-18(19)25)17-8-13(10-22-17)28(26,27)24-16-6-5-12(9-21)7-15(16)20/h2-8,10-11,22,24H,1H3. The van der Waals surface area contributed by atoms with Gasteiger partial charge in [-0.05, 0) is 30.3 Å². The molecule has 0 fully saturated rings. The van der Waals surface area contributed by atoms with E-state index in [2.05, 4.69) is 14.7 Å². The van der Waals surface area contributed by atoms with Gasteiger partial charge in [-0.2, -0.15) is 5.26 Å². The molecule has 9 heteroatoms. The van der Waals surface area contributed by atoms with Gasteiger partial charge in [0.1, 0.15) is 10.7 Å². The Balaban J connectivity index is 1.69. The van der Waals surface area contributed by atoms with Crippen molar-refractivity contribution in [1.29, 1.82) is 5.26 Å². The average Bonchev–Trinajstić information content (AvgIpc) is 3.31. The van der Waals surface area contributed by atoms with Gasteiger partial charge in [0.15, 0.2) is 0 Å². The number of nitriles is 1. The third-order valence-corrected chi connectivity index (χ3v) is 5.70. The van der Waals surface area contributed by atoms with Gasteiger partial charge in [0, 0.05) is 24.5 Å². The Labute approximate surface area is 160 Å². The number of sulfonamides is 1. The molecule has 0 aliphatic rings. The van der Waals surface area contributed by atoms with Crippen molar-refractivity contribution in [3.8, 4) is 17.3 Å². The normalized spacial score (nSPS) is 11.5. The zero-order valence-electron chi connectivity index (χ0n) is 14.6. The maximum absolute atomic E-state index is 14.0. The highest BCUT2D eigenvalue weighted by Crippen LogP contribution is 2.29. The highest BCUT2D eigenvalue weighted by Gasteiger charge is 2.19. The van der Waals surface area contributed by atoms with Gasteiger partial charge < -0.3 is 9.55 Å². The molecule has 0 saturated carbocycles. The summed E-state index contributed by atoms with van der Waals surface area (Å²) < 4.78 is 43.4. The summed E-state index contributed by atoms with van der Waals surface area (Å²) in [5, 5.41) is 8.79. The van der Waals surface area contributed by atoms with Crippen LogP contribution in [-0.2, 0) is 17.1 Å². The Kier molecular flexibility index (Phi) is 4.13. The zero-order valence-corrected chi connectivity index (χ0v) is 15.5. The summed E-state index contributed by atoms with van der Waals surface area (Å²) in [4.78, 5) is 7.26. The molecule has 2 aromatic carbocycles. The zero-order chi connectivity index (χ0) is 19.9. The molecule has 0 saturated heterocycles. The highest BCUT2D eigenvalue weighted by molar-refractivity contribution is 7.92. The topological polar surface area (TPSA) is 104 Å². The molecule has 4 aromatic rings. The van der Waals surface area contributed by atoms with Crippen molar-refractivity contribution in [3.63, 3.8) is 0 Å². The summed E-state index contributed by atoms with van der Waals surface area (Å²) in [6.45, 7) is 0. The molecule has 0 spiro atoms. The summed E-state index contributed by atoms with van der Waals surface area (Å²) in [7, 11) is -2.15. The maximum Gasteiger partial charge on any atom is 0.263 e. The Morgan fingerprint density at radius 1 is 1.25 bits per heavy atom. The first-order valence-corrected chi connectivity index (χ1v) is 9.68. The molecule has 0 bridgehead atoms. The average molecular weight is 395 g/mol. The van der Waals surface area contributed by atoms with Gasteiger partial charge in [0.25, 0.3) is 10.0 Å². The monoisotopic (exact) mass is 395 g/mol. The number of nitrogens with one attached hydrogen (secondary N) is 2. The van der Waals surface area contributed by atoms with Gasteiger partial charge in [-0.15, -0.1) is 0 Å². The molecule has 2 N–H and O–H groups in total. The Bertz CT molecular complexity index is 1350. The predicted octanol–water partition coefficient (Wildman–Crippen LogP) is 3.38. The van der Waals surface area contributed by atoms with Gasteiger partial charge in [-0.1, -0.05) is 12.1 Å². The Hall–Kier alpha value is -3.64. The predicted molar refractivity (Wildman–Crippen MR) is 102 cm³/mol. The second kappa shape index (κ2) is 6.51. The molecule has 2 heterocycles. The van der Waals surface area contributed by atoms with Gasteiger partial charge in [0.05, 0.1) is 34.7 Å². The number of imidazole rings is 1. The van der Waals surface area contributed by atoms with Crippen LogP contribution in [0.2, 0.25) is 0 Å². The number of hydrogen-bond donors (Lipinski definition) is 2. The minimum Gasteiger partial charge on any atom is -0.360 e. The Morgan fingerprint density at radius 2 is 2.07 bits per heavy atom. The maximum atomic E-state index is 14.0. The van der Waals surface area contributed by atoms with Crippen LogP contribution in [0, 0.1) is 17.1 Å². The fourth-order valence-corrected chi connectivity index (χ4v) is 3.99. The number of rotatable bonds is 4. The first-order valence-electron chi connectivity index (χ1n) is 8.20. The van der Waals surface area contributed by atoms with E-state index in [0.717, 1.165) is 22.7 Å². The number of hydrogen-bond acceptors (Lipinski definition) is 4. The smallest absolute Gasteiger partial charge is 0.263 e. The van der Waals surface area contributed by atoms with Gasteiger partial charge in [0.2, 0.25) is 0 Å². The molecule has 7 nitrogen and oxygen atoms in total. The fourth-order valence-electron chi connectivity index (χ4n) is 2.93. The minimum absolute atomic E-state index is 0.0424. The molecule has 140 valence electrons. The number of benzene rings is 2. The molecule has 0 unspecified atom stereocenters. The molecule has 2 aromatic heterocycles. The molecule has 28 heavy (non-hydrogen) atoms. The molecule has 0 atom stereocenters. The molecular weight excluding hydrogens is 381 g/mol. The van der Waals surface area contributed by atoms with Crippen LogP contribution in [0.4, 0.5) is 10.1 Å². The SMILES string of the molecule is Cn1cnc2c(-c3cc(S(=O)(=O)Nc4ccc(C#N)cc4F)c[nH]3)cccc21. The molecule has 0 aliphatic heterocycles. The summed E-state index contributed by atoms with van der Waals surface area (Å²) >= 11 is 0. The number of nitrogens with zero attached hydrogens (tertiary/aromatic N) is 3. The summed E-state index contributed by atoms with van der Waals surface area (Å²) in [6.07, 6.45) is 3.02. The van der Waals surface area contributed by atoms with Crippen molar-refractivity contribution in [3.05, 3.63) is 66.4 Å². The molecular formula is C19H14FN5O2S.